The number of nitrogens with one attached hydrogen (secondary N) is 1. The second-order valence-electron chi connectivity index (χ2n) is 5.75. The van der Waals surface area contributed by atoms with Crippen molar-refractivity contribution in [3.63, 3.8) is 0 Å². The Labute approximate surface area is 135 Å². The van der Waals surface area contributed by atoms with Crippen LogP contribution in [0.25, 0.3) is 0 Å². The van der Waals surface area contributed by atoms with E-state index in [9.17, 15) is 0 Å². The number of thiol groups is 1. The Morgan fingerprint density at radius 2 is 2.20 bits per heavy atom. The fourth-order valence-corrected chi connectivity index (χ4v) is 3.73. The standard InChI is InChI=1S/C12H22N2S2.C4H8/c1-2-5-14-8-11(15)7-10(14)6-9-3-4-13-12(9)16;1-3-4-2/h9-11,15H,2-8H2,1H3,(H,13,16);3H,1,4H2,2H3/t9?,10-,11?;/m1./s1. The minimum atomic E-state index is 0.569. The molecular formula is C16H30N2S2. The summed E-state index contributed by atoms with van der Waals surface area (Å²) in [7, 11) is 0. The summed E-state index contributed by atoms with van der Waals surface area (Å²) in [5.74, 6) is 0.623. The van der Waals surface area contributed by atoms with Crippen LogP contribution in [0.4, 0.5) is 0 Å². The Morgan fingerprint density at radius 3 is 2.70 bits per heavy atom. The molecule has 116 valence electrons. The molecule has 0 saturated carbocycles. The maximum absolute atomic E-state index is 5.36. The smallest absolute Gasteiger partial charge is 0.0786 e. The first-order chi connectivity index (χ1) is 9.62. The normalized spacial score (nSPS) is 29.8. The van der Waals surface area contributed by atoms with Gasteiger partial charge >= 0.3 is 0 Å². The number of rotatable bonds is 5. The van der Waals surface area contributed by atoms with Gasteiger partial charge < -0.3 is 5.32 Å². The van der Waals surface area contributed by atoms with Gasteiger partial charge in [-0.05, 0) is 38.6 Å². The van der Waals surface area contributed by atoms with Gasteiger partial charge in [-0.3, -0.25) is 4.90 Å². The molecule has 2 aliphatic heterocycles. The summed E-state index contributed by atoms with van der Waals surface area (Å²) in [4.78, 5) is 3.71. The van der Waals surface area contributed by atoms with Gasteiger partial charge in [0, 0.05) is 30.3 Å². The number of nitrogens with zero attached hydrogens (tertiary/aromatic N) is 1. The first-order valence-corrected chi connectivity index (χ1v) is 8.85. The fourth-order valence-electron chi connectivity index (χ4n) is 2.96. The van der Waals surface area contributed by atoms with E-state index in [1.54, 1.807) is 0 Å². The first kappa shape index (κ1) is 18.0. The van der Waals surface area contributed by atoms with Gasteiger partial charge in [0.25, 0.3) is 0 Å². The van der Waals surface area contributed by atoms with Crippen LogP contribution in [0.3, 0.4) is 0 Å². The molecule has 0 aliphatic carbocycles. The van der Waals surface area contributed by atoms with E-state index in [0.29, 0.717) is 17.2 Å². The van der Waals surface area contributed by atoms with E-state index < -0.39 is 0 Å². The van der Waals surface area contributed by atoms with E-state index in [4.69, 9.17) is 12.2 Å². The minimum Gasteiger partial charge on any atom is -0.379 e. The van der Waals surface area contributed by atoms with Gasteiger partial charge in [0.05, 0.1) is 4.99 Å². The van der Waals surface area contributed by atoms with E-state index in [-0.39, 0.29) is 0 Å². The second-order valence-corrected chi connectivity index (χ2v) is 6.92. The van der Waals surface area contributed by atoms with Crippen LogP contribution in [-0.4, -0.2) is 40.8 Å². The fraction of sp³-hybridized carbons (Fsp3) is 0.812. The monoisotopic (exact) mass is 314 g/mol. The van der Waals surface area contributed by atoms with Crippen molar-refractivity contribution in [2.24, 2.45) is 5.92 Å². The van der Waals surface area contributed by atoms with E-state index in [1.165, 1.54) is 32.2 Å². The maximum atomic E-state index is 5.36. The Bertz CT molecular complexity index is 307. The summed E-state index contributed by atoms with van der Waals surface area (Å²) in [6.45, 7) is 11.3. The summed E-state index contributed by atoms with van der Waals surface area (Å²) >= 11 is 9.99. The van der Waals surface area contributed by atoms with Crippen LogP contribution in [0.15, 0.2) is 12.7 Å². The Morgan fingerprint density at radius 1 is 1.50 bits per heavy atom. The van der Waals surface area contributed by atoms with Gasteiger partial charge in [0.15, 0.2) is 0 Å². The van der Waals surface area contributed by atoms with Crippen molar-refractivity contribution in [1.29, 1.82) is 0 Å². The van der Waals surface area contributed by atoms with Crippen LogP contribution in [0, 0.1) is 5.92 Å². The lowest BCUT2D eigenvalue weighted by atomic mass is 9.97. The van der Waals surface area contributed by atoms with Gasteiger partial charge in [-0.2, -0.15) is 12.6 Å². The molecule has 2 aliphatic rings. The number of allylic oxidation sites excluding steroid dienone is 1. The van der Waals surface area contributed by atoms with Crippen molar-refractivity contribution in [2.75, 3.05) is 19.6 Å². The molecule has 0 aromatic rings. The number of thiocarbonyl (C=S) groups is 1. The van der Waals surface area contributed by atoms with Crippen LogP contribution < -0.4 is 5.32 Å². The summed E-state index contributed by atoms with van der Waals surface area (Å²) in [6.07, 6.45) is 7.90. The lowest BCUT2D eigenvalue weighted by molar-refractivity contribution is 0.232. The van der Waals surface area contributed by atoms with Crippen molar-refractivity contribution in [3.05, 3.63) is 12.7 Å². The minimum absolute atomic E-state index is 0.569. The molecular weight excluding hydrogens is 284 g/mol. The van der Waals surface area contributed by atoms with E-state index in [1.807, 2.05) is 6.08 Å². The third kappa shape index (κ3) is 5.74. The van der Waals surface area contributed by atoms with Crippen molar-refractivity contribution in [3.8, 4) is 0 Å². The van der Waals surface area contributed by atoms with Crippen LogP contribution in [-0.2, 0) is 0 Å². The molecule has 0 aromatic carbocycles. The quantitative estimate of drug-likeness (QED) is 0.457. The molecule has 2 rings (SSSR count). The molecule has 1 N–H and O–H groups in total. The molecule has 0 bridgehead atoms. The average Bonchev–Trinajstić information content (AvgIpc) is 2.98. The highest BCUT2D eigenvalue weighted by Gasteiger charge is 2.33. The highest BCUT2D eigenvalue weighted by Crippen LogP contribution is 2.29. The number of hydrogen-bond donors (Lipinski definition) is 2. The Balaban J connectivity index is 0.000000444. The number of likely N-dealkylation sites (tertiary alicyclic amines) is 1. The largest absolute Gasteiger partial charge is 0.379 e. The lowest BCUT2D eigenvalue weighted by Crippen LogP contribution is -2.33. The highest BCUT2D eigenvalue weighted by atomic mass is 32.1. The van der Waals surface area contributed by atoms with E-state index in [2.05, 4.69) is 43.3 Å². The van der Waals surface area contributed by atoms with Crippen molar-refractivity contribution in [1.82, 2.24) is 10.2 Å². The molecule has 0 amide bonds. The zero-order valence-electron chi connectivity index (χ0n) is 13.0. The predicted octanol–water partition coefficient (Wildman–Crippen LogP) is 3.68. The predicted molar refractivity (Wildman–Crippen MR) is 96.9 cm³/mol. The molecule has 4 heteroatoms. The van der Waals surface area contributed by atoms with Crippen molar-refractivity contribution < 1.29 is 0 Å². The summed E-state index contributed by atoms with van der Waals surface area (Å²) in [6, 6.07) is 0.713. The van der Waals surface area contributed by atoms with E-state index in [0.717, 1.165) is 24.5 Å². The second kappa shape index (κ2) is 9.80. The van der Waals surface area contributed by atoms with Gasteiger partial charge in [0.1, 0.15) is 0 Å². The van der Waals surface area contributed by atoms with E-state index >= 15 is 0 Å². The molecule has 2 fully saturated rings. The summed E-state index contributed by atoms with van der Waals surface area (Å²) in [5, 5.41) is 3.86. The van der Waals surface area contributed by atoms with Crippen molar-refractivity contribution in [2.45, 2.75) is 57.2 Å². The molecule has 2 heterocycles. The van der Waals surface area contributed by atoms with Gasteiger partial charge in [0.2, 0.25) is 0 Å². The summed E-state index contributed by atoms with van der Waals surface area (Å²) < 4.78 is 0. The van der Waals surface area contributed by atoms with Crippen LogP contribution in [0.5, 0.6) is 0 Å². The molecule has 2 saturated heterocycles. The van der Waals surface area contributed by atoms with Crippen LogP contribution in [0.2, 0.25) is 0 Å². The zero-order chi connectivity index (χ0) is 15.0. The summed E-state index contributed by atoms with van der Waals surface area (Å²) in [5.41, 5.74) is 0. The van der Waals surface area contributed by atoms with Crippen LogP contribution in [0.1, 0.15) is 46.0 Å². The van der Waals surface area contributed by atoms with Gasteiger partial charge in [-0.15, -0.1) is 6.58 Å². The first-order valence-electron chi connectivity index (χ1n) is 7.93. The number of hydrogen-bond acceptors (Lipinski definition) is 3. The SMILES string of the molecule is C=CCC.CCCN1CC(S)C[C@H]1CC1CCNC1=S. The maximum Gasteiger partial charge on any atom is 0.0786 e. The third-order valence-corrected chi connectivity index (χ3v) is 4.88. The lowest BCUT2D eigenvalue weighted by Gasteiger charge is -2.25. The van der Waals surface area contributed by atoms with Crippen molar-refractivity contribution >= 4 is 29.8 Å². The van der Waals surface area contributed by atoms with Gasteiger partial charge in [-0.25, -0.2) is 0 Å². The Kier molecular flexibility index (Phi) is 8.82. The molecule has 20 heavy (non-hydrogen) atoms. The third-order valence-electron chi connectivity index (χ3n) is 4.02. The molecule has 2 nitrogen and oxygen atoms in total. The molecule has 0 spiro atoms. The molecule has 0 radical (unpaired) electrons. The molecule has 0 aromatic heterocycles. The zero-order valence-corrected chi connectivity index (χ0v) is 14.7. The average molecular weight is 315 g/mol. The molecule has 3 atom stereocenters. The Hall–Kier alpha value is -0.0600. The van der Waals surface area contributed by atoms with Gasteiger partial charge in [-0.1, -0.05) is 32.1 Å². The molecule has 2 unspecified atom stereocenters. The topological polar surface area (TPSA) is 15.3 Å². The highest BCUT2D eigenvalue weighted by molar-refractivity contribution is 7.81. The van der Waals surface area contributed by atoms with Crippen LogP contribution >= 0.6 is 24.8 Å².